The van der Waals surface area contributed by atoms with Gasteiger partial charge in [0.25, 0.3) is 5.01 Å². The van der Waals surface area contributed by atoms with Gasteiger partial charge in [-0.25, -0.2) is 0 Å². The van der Waals surface area contributed by atoms with E-state index < -0.39 is 0 Å². The molecule has 5 heteroatoms. The summed E-state index contributed by atoms with van der Waals surface area (Å²) < 4.78 is 3.69. The van der Waals surface area contributed by atoms with Crippen LogP contribution in [0.25, 0.3) is 16.3 Å². The van der Waals surface area contributed by atoms with Crippen LogP contribution in [-0.4, -0.2) is 6.54 Å². The predicted octanol–water partition coefficient (Wildman–Crippen LogP) is 7.91. The highest BCUT2D eigenvalue weighted by molar-refractivity contribution is 8.03. The van der Waals surface area contributed by atoms with E-state index in [0.29, 0.717) is 0 Å². The molecule has 32 heavy (non-hydrogen) atoms. The second-order valence-electron chi connectivity index (χ2n) is 7.84. The van der Waals surface area contributed by atoms with Crippen LogP contribution >= 0.6 is 34.7 Å². The number of aromatic nitrogens is 1. The van der Waals surface area contributed by atoms with Crippen molar-refractivity contribution in [2.75, 3.05) is 11.4 Å². The fourth-order valence-corrected chi connectivity index (χ4v) is 6.93. The van der Waals surface area contributed by atoms with Crippen LogP contribution in [-0.2, 0) is 6.54 Å². The van der Waals surface area contributed by atoms with Crippen molar-refractivity contribution in [2.24, 2.45) is 0 Å². The third-order valence-corrected chi connectivity index (χ3v) is 8.73. The van der Waals surface area contributed by atoms with Crippen LogP contribution in [0, 0.1) is 0 Å². The topological polar surface area (TPSA) is 7.12 Å². The number of anilines is 1. The third-order valence-electron chi connectivity index (χ3n) is 5.99. The molecule has 1 aliphatic carbocycles. The molecule has 2 aromatic carbocycles. The first-order valence-corrected chi connectivity index (χ1v) is 13.1. The van der Waals surface area contributed by atoms with Crippen molar-refractivity contribution in [1.29, 1.82) is 0 Å². The normalized spacial score (nSPS) is 18.8. The van der Waals surface area contributed by atoms with Gasteiger partial charge in [-0.3, -0.25) is 0 Å². The van der Waals surface area contributed by atoms with Crippen LogP contribution in [0.5, 0.6) is 0 Å². The Balaban J connectivity index is 1.39. The zero-order chi connectivity index (χ0) is 22.1. The lowest BCUT2D eigenvalue weighted by atomic mass is 10.2. The minimum Gasteiger partial charge on any atom is -0.335 e. The summed E-state index contributed by atoms with van der Waals surface area (Å²) in [5.74, 6) is 0. The van der Waals surface area contributed by atoms with Gasteiger partial charge < -0.3 is 4.90 Å². The molecular formula is C27H26ClN2S2+. The summed E-state index contributed by atoms with van der Waals surface area (Å²) in [6.45, 7) is 6.32. The van der Waals surface area contributed by atoms with Crippen molar-refractivity contribution in [2.45, 2.75) is 38.1 Å². The maximum Gasteiger partial charge on any atom is 0.262 e. The number of thioether (sulfide) groups is 1. The van der Waals surface area contributed by atoms with Crippen molar-refractivity contribution in [3.8, 4) is 0 Å². The number of allylic oxidation sites excluding steroid dienone is 6. The Labute approximate surface area is 203 Å². The third kappa shape index (κ3) is 3.96. The van der Waals surface area contributed by atoms with Gasteiger partial charge in [0.2, 0.25) is 5.52 Å². The second kappa shape index (κ2) is 9.30. The number of rotatable bonds is 5. The van der Waals surface area contributed by atoms with E-state index in [1.807, 2.05) is 23.1 Å². The maximum absolute atomic E-state index is 6.81. The SMILES string of the molecule is CCN1/C(=C/C=C2\CCC(/C=C/c3sc4ccccc4[n+]3CC)=C2Cl)Sc2ccccc21. The number of fused-ring (bicyclic) bond motifs is 2. The quantitative estimate of drug-likeness (QED) is 0.344. The largest absolute Gasteiger partial charge is 0.335 e. The highest BCUT2D eigenvalue weighted by Gasteiger charge is 2.23. The summed E-state index contributed by atoms with van der Waals surface area (Å²) in [5, 5.41) is 3.44. The average molecular weight is 478 g/mol. The van der Waals surface area contributed by atoms with E-state index in [1.54, 1.807) is 0 Å². The molecule has 0 atom stereocenters. The number of benzene rings is 2. The van der Waals surface area contributed by atoms with E-state index in [2.05, 4.69) is 96.1 Å². The van der Waals surface area contributed by atoms with Crippen LogP contribution in [0.3, 0.4) is 0 Å². The van der Waals surface area contributed by atoms with E-state index in [-0.39, 0.29) is 0 Å². The minimum atomic E-state index is 0.908. The Kier molecular flexibility index (Phi) is 6.27. The first-order valence-electron chi connectivity index (χ1n) is 11.1. The minimum absolute atomic E-state index is 0.908. The summed E-state index contributed by atoms with van der Waals surface area (Å²) in [5.41, 5.74) is 5.06. The van der Waals surface area contributed by atoms with Gasteiger partial charge in [-0.15, -0.1) is 0 Å². The van der Waals surface area contributed by atoms with Gasteiger partial charge in [0.15, 0.2) is 0 Å². The van der Waals surface area contributed by atoms with Crippen LogP contribution in [0.15, 0.2) is 92.9 Å². The zero-order valence-corrected chi connectivity index (χ0v) is 20.7. The Morgan fingerprint density at radius 1 is 1.00 bits per heavy atom. The van der Waals surface area contributed by atoms with E-state index >= 15 is 0 Å². The summed E-state index contributed by atoms with van der Waals surface area (Å²) in [4.78, 5) is 3.69. The van der Waals surface area contributed by atoms with Gasteiger partial charge in [-0.1, -0.05) is 71.1 Å². The molecule has 0 saturated carbocycles. The maximum atomic E-state index is 6.81. The number of aryl methyl sites for hydroxylation is 1. The van der Waals surface area contributed by atoms with Crippen molar-refractivity contribution in [1.82, 2.24) is 0 Å². The van der Waals surface area contributed by atoms with Crippen LogP contribution < -0.4 is 9.47 Å². The molecule has 0 spiro atoms. The Morgan fingerprint density at radius 2 is 1.81 bits per heavy atom. The van der Waals surface area contributed by atoms with Crippen molar-refractivity contribution >= 4 is 56.7 Å². The Bertz CT molecular complexity index is 1300. The molecule has 0 bridgehead atoms. The molecule has 3 aromatic rings. The van der Waals surface area contributed by atoms with Crippen LogP contribution in [0.1, 0.15) is 31.7 Å². The number of hydrogen-bond donors (Lipinski definition) is 0. The molecule has 5 rings (SSSR count). The molecule has 1 aliphatic heterocycles. The predicted molar refractivity (Wildman–Crippen MR) is 140 cm³/mol. The Morgan fingerprint density at radius 3 is 2.66 bits per heavy atom. The number of para-hydroxylation sites is 2. The summed E-state index contributed by atoms with van der Waals surface area (Å²) >= 11 is 10.5. The fourth-order valence-electron chi connectivity index (χ4n) is 4.36. The lowest BCUT2D eigenvalue weighted by molar-refractivity contribution is -0.665. The average Bonchev–Trinajstić information content (AvgIpc) is 3.48. The molecule has 0 amide bonds. The van der Waals surface area contributed by atoms with Crippen molar-refractivity contribution in [3.63, 3.8) is 0 Å². The molecule has 0 radical (unpaired) electrons. The Hall–Kier alpha value is -2.27. The molecule has 0 saturated heterocycles. The zero-order valence-electron chi connectivity index (χ0n) is 18.3. The molecule has 1 aromatic heterocycles. The summed E-state index contributed by atoms with van der Waals surface area (Å²) in [7, 11) is 0. The molecule has 0 fully saturated rings. The van der Waals surface area contributed by atoms with E-state index in [9.17, 15) is 0 Å². The van der Waals surface area contributed by atoms with Gasteiger partial charge in [-0.2, -0.15) is 4.57 Å². The lowest BCUT2D eigenvalue weighted by Crippen LogP contribution is -2.33. The van der Waals surface area contributed by atoms with Gasteiger partial charge in [0.1, 0.15) is 11.2 Å². The molecular weight excluding hydrogens is 452 g/mol. The molecule has 162 valence electrons. The van der Waals surface area contributed by atoms with Gasteiger partial charge in [-0.05, 0) is 62.1 Å². The van der Waals surface area contributed by atoms with Crippen LogP contribution in [0.2, 0.25) is 0 Å². The number of halogens is 1. The van der Waals surface area contributed by atoms with E-state index in [0.717, 1.165) is 31.0 Å². The highest BCUT2D eigenvalue weighted by Crippen LogP contribution is 2.46. The standard InChI is InChI=1S/C27H26ClN2S2/c1-3-29-21-9-5-7-11-23(21)31-25(29)17-15-19-13-14-20(27(19)28)16-18-26-30(4-2)22-10-6-8-12-24(22)32-26/h5-12,15-18H,3-4,13-14H2,1-2H3/q+1. The van der Waals surface area contributed by atoms with E-state index in [4.69, 9.17) is 11.6 Å². The first kappa shape index (κ1) is 21.6. The second-order valence-corrected chi connectivity index (χ2v) is 10.3. The smallest absolute Gasteiger partial charge is 0.262 e. The van der Waals surface area contributed by atoms with Crippen LogP contribution in [0.4, 0.5) is 5.69 Å². The molecule has 0 unspecified atom stereocenters. The van der Waals surface area contributed by atoms with Crippen molar-refractivity contribution < 1.29 is 4.57 Å². The lowest BCUT2D eigenvalue weighted by Gasteiger charge is -2.17. The number of thiazole rings is 1. The monoisotopic (exact) mass is 477 g/mol. The van der Waals surface area contributed by atoms with Gasteiger partial charge in [0, 0.05) is 28.6 Å². The summed E-state index contributed by atoms with van der Waals surface area (Å²) in [6, 6.07) is 17.2. The number of hydrogen-bond acceptors (Lipinski definition) is 3. The molecule has 2 heterocycles. The highest BCUT2D eigenvalue weighted by atomic mass is 35.5. The first-order chi connectivity index (χ1) is 15.7. The van der Waals surface area contributed by atoms with Gasteiger partial charge >= 0.3 is 0 Å². The fraction of sp³-hybridized carbons (Fsp3) is 0.222. The van der Waals surface area contributed by atoms with Crippen molar-refractivity contribution in [3.05, 3.63) is 93.0 Å². The molecule has 2 aliphatic rings. The molecule has 2 nitrogen and oxygen atoms in total. The summed E-state index contributed by atoms with van der Waals surface area (Å²) in [6.07, 6.45) is 10.9. The van der Waals surface area contributed by atoms with Gasteiger partial charge in [0.05, 0.1) is 10.7 Å². The van der Waals surface area contributed by atoms with E-state index in [1.165, 1.54) is 42.0 Å². The molecule has 0 N–H and O–H groups in total. The number of nitrogens with zero attached hydrogens (tertiary/aromatic N) is 2.